The van der Waals surface area contributed by atoms with Crippen LogP contribution in [0.1, 0.15) is 21.5 Å². The summed E-state index contributed by atoms with van der Waals surface area (Å²) in [7, 11) is -5.81. The number of hydrogen-bond acceptors (Lipinski definition) is 4. The van der Waals surface area contributed by atoms with Crippen molar-refractivity contribution >= 4 is 16.1 Å². The Balaban J connectivity index is 3.49. The summed E-state index contributed by atoms with van der Waals surface area (Å²) in [5.41, 5.74) is -5.34. The molecule has 1 aromatic rings. The molecule has 0 aromatic heterocycles. The van der Waals surface area contributed by atoms with Gasteiger partial charge in [0.2, 0.25) is 0 Å². The van der Waals surface area contributed by atoms with E-state index < -0.39 is 45.4 Å². The fraction of sp³-hybridized carbons (Fsp3) is 0.462. The van der Waals surface area contributed by atoms with Crippen molar-refractivity contribution in [3.05, 3.63) is 34.9 Å². The van der Waals surface area contributed by atoms with Crippen LogP contribution >= 0.6 is 0 Å². The number of alkyl halides is 6. The summed E-state index contributed by atoms with van der Waals surface area (Å²) >= 11 is 0. The molecule has 1 N–H and O–H groups in total. The van der Waals surface area contributed by atoms with E-state index in [4.69, 9.17) is 4.55 Å². The van der Waals surface area contributed by atoms with Crippen LogP contribution in [0.4, 0.5) is 26.3 Å². The molecule has 0 unspecified atom stereocenters. The molecule has 0 saturated heterocycles. The Hall–Kier alpha value is -1.82. The molecule has 142 valence electrons. The van der Waals surface area contributed by atoms with E-state index >= 15 is 0 Å². The lowest BCUT2D eigenvalue weighted by molar-refractivity contribution is -0.356. The SMILES string of the molecule is Cc1cc(C)cc(C(=O)OC(CS(=O)(=O)O)(C(F)(F)F)C(F)(F)F)c1. The molecule has 1 aromatic carbocycles. The maximum absolute atomic E-state index is 13.1. The van der Waals surface area contributed by atoms with E-state index in [9.17, 15) is 39.6 Å². The Bertz CT molecular complexity index is 732. The van der Waals surface area contributed by atoms with Crippen molar-refractivity contribution in [3.8, 4) is 0 Å². The van der Waals surface area contributed by atoms with Gasteiger partial charge >= 0.3 is 23.9 Å². The molecule has 0 bridgehead atoms. The first-order chi connectivity index (χ1) is 11.0. The number of carbonyl (C=O) groups is 1. The molecule has 0 aliphatic heterocycles. The minimum atomic E-state index is -6.35. The summed E-state index contributed by atoms with van der Waals surface area (Å²) in [6.07, 6.45) is -12.7. The Morgan fingerprint density at radius 3 is 1.72 bits per heavy atom. The first-order valence-corrected chi connectivity index (χ1v) is 8.00. The number of esters is 1. The molecule has 0 fully saturated rings. The predicted molar refractivity (Wildman–Crippen MR) is 72.6 cm³/mol. The molecular formula is C13H12F6O5S. The summed E-state index contributed by atoms with van der Waals surface area (Å²) in [6, 6.07) is 3.44. The molecule has 0 saturated carbocycles. The van der Waals surface area contributed by atoms with Crippen molar-refractivity contribution in [2.75, 3.05) is 5.75 Å². The van der Waals surface area contributed by atoms with E-state index in [1.165, 1.54) is 19.9 Å². The maximum atomic E-state index is 13.1. The largest absolute Gasteiger partial charge is 0.438 e. The molecule has 5 nitrogen and oxygen atoms in total. The summed E-state index contributed by atoms with van der Waals surface area (Å²) in [4.78, 5) is 11.8. The summed E-state index contributed by atoms with van der Waals surface area (Å²) in [5.74, 6) is -4.95. The van der Waals surface area contributed by atoms with E-state index in [0.29, 0.717) is 11.1 Å². The van der Waals surface area contributed by atoms with Gasteiger partial charge in [0.25, 0.3) is 10.1 Å². The van der Waals surface area contributed by atoms with E-state index in [-0.39, 0.29) is 0 Å². The van der Waals surface area contributed by atoms with Crippen molar-refractivity contribution in [1.29, 1.82) is 0 Å². The Morgan fingerprint density at radius 2 is 1.40 bits per heavy atom. The highest BCUT2D eigenvalue weighted by Crippen LogP contribution is 2.47. The van der Waals surface area contributed by atoms with E-state index in [0.717, 1.165) is 12.1 Å². The lowest BCUT2D eigenvalue weighted by atomic mass is 10.0. The third-order valence-electron chi connectivity index (χ3n) is 3.03. The topological polar surface area (TPSA) is 80.7 Å². The van der Waals surface area contributed by atoms with E-state index in [1.54, 1.807) is 0 Å². The predicted octanol–water partition coefficient (Wildman–Crippen LogP) is 3.21. The van der Waals surface area contributed by atoms with Gasteiger partial charge < -0.3 is 4.74 Å². The fourth-order valence-corrected chi connectivity index (χ4v) is 2.94. The van der Waals surface area contributed by atoms with Crippen LogP contribution < -0.4 is 0 Å². The highest BCUT2D eigenvalue weighted by Gasteiger charge is 2.76. The standard InChI is InChI=1S/C13H12F6O5S/c1-7-3-8(2)5-9(4-7)10(20)24-11(12(14,15)16,13(17,18)19)6-25(21,22)23/h3-5H,6H2,1-2H3,(H,21,22,23). The smallest absolute Gasteiger partial charge is 0.435 e. The number of halogens is 6. The van der Waals surface area contributed by atoms with E-state index in [1.807, 2.05) is 0 Å². The lowest BCUT2D eigenvalue weighted by Gasteiger charge is -2.35. The Labute approximate surface area is 138 Å². The van der Waals surface area contributed by atoms with Crippen molar-refractivity contribution in [3.63, 3.8) is 0 Å². The average molecular weight is 394 g/mol. The van der Waals surface area contributed by atoms with Gasteiger partial charge in [-0.3, -0.25) is 4.55 Å². The first-order valence-electron chi connectivity index (χ1n) is 6.39. The minimum Gasteiger partial charge on any atom is -0.435 e. The summed E-state index contributed by atoms with van der Waals surface area (Å²) in [5, 5.41) is 0. The van der Waals surface area contributed by atoms with Crippen LogP contribution in [0.2, 0.25) is 0 Å². The lowest BCUT2D eigenvalue weighted by Crippen LogP contribution is -2.63. The molecule has 0 aliphatic carbocycles. The van der Waals surface area contributed by atoms with E-state index in [2.05, 4.69) is 4.74 Å². The zero-order valence-corrected chi connectivity index (χ0v) is 13.5. The van der Waals surface area contributed by atoms with Crippen LogP contribution in [0.5, 0.6) is 0 Å². The minimum absolute atomic E-state index is 0.353. The Kier molecular flexibility index (Phi) is 5.50. The molecule has 12 heteroatoms. The quantitative estimate of drug-likeness (QED) is 0.482. The number of ether oxygens (including phenoxy) is 1. The van der Waals surface area contributed by atoms with Crippen LogP contribution in [0.3, 0.4) is 0 Å². The summed E-state index contributed by atoms with van der Waals surface area (Å²) in [6.45, 7) is 2.87. The maximum Gasteiger partial charge on any atom is 0.438 e. The second-order valence-electron chi connectivity index (χ2n) is 5.31. The average Bonchev–Trinajstić information content (AvgIpc) is 2.32. The molecule has 0 atom stereocenters. The Morgan fingerprint density at radius 1 is 1.00 bits per heavy atom. The molecule has 0 heterocycles. The van der Waals surface area contributed by atoms with Crippen molar-refractivity contribution in [2.24, 2.45) is 0 Å². The third kappa shape index (κ3) is 4.84. The number of aryl methyl sites for hydroxylation is 2. The second-order valence-corrected chi connectivity index (χ2v) is 6.77. The monoisotopic (exact) mass is 394 g/mol. The van der Waals surface area contributed by atoms with Gasteiger partial charge in [-0.15, -0.1) is 0 Å². The van der Waals surface area contributed by atoms with Crippen molar-refractivity contribution in [1.82, 2.24) is 0 Å². The normalized spacial score (nSPS) is 13.6. The number of rotatable bonds is 4. The fourth-order valence-electron chi connectivity index (χ4n) is 2.04. The van der Waals surface area contributed by atoms with Crippen LogP contribution in [-0.2, 0) is 14.9 Å². The number of carbonyl (C=O) groups excluding carboxylic acids is 1. The van der Waals surface area contributed by atoms with Gasteiger partial charge in [0, 0.05) is 0 Å². The zero-order valence-electron chi connectivity index (χ0n) is 12.7. The molecule has 0 aliphatic rings. The second kappa shape index (κ2) is 6.48. The molecule has 1 rings (SSSR count). The van der Waals surface area contributed by atoms with Crippen LogP contribution in [0.25, 0.3) is 0 Å². The molecule has 0 radical (unpaired) electrons. The molecule has 0 amide bonds. The van der Waals surface area contributed by atoms with Crippen LogP contribution in [0.15, 0.2) is 18.2 Å². The molecular weight excluding hydrogens is 382 g/mol. The van der Waals surface area contributed by atoms with Gasteiger partial charge in [0.05, 0.1) is 5.56 Å². The van der Waals surface area contributed by atoms with Gasteiger partial charge in [0.1, 0.15) is 5.75 Å². The highest BCUT2D eigenvalue weighted by molar-refractivity contribution is 7.85. The summed E-state index contributed by atoms with van der Waals surface area (Å²) < 4.78 is 112. The van der Waals surface area contributed by atoms with Gasteiger partial charge in [-0.2, -0.15) is 34.8 Å². The number of benzene rings is 1. The highest BCUT2D eigenvalue weighted by atomic mass is 32.2. The first kappa shape index (κ1) is 21.2. The van der Waals surface area contributed by atoms with Crippen LogP contribution in [0, 0.1) is 13.8 Å². The van der Waals surface area contributed by atoms with Gasteiger partial charge in [0.15, 0.2) is 0 Å². The van der Waals surface area contributed by atoms with Crippen LogP contribution in [-0.4, -0.2) is 42.6 Å². The molecule has 0 spiro atoms. The van der Waals surface area contributed by atoms with Gasteiger partial charge in [-0.05, 0) is 26.0 Å². The zero-order chi connectivity index (χ0) is 19.8. The third-order valence-corrected chi connectivity index (χ3v) is 3.80. The van der Waals surface area contributed by atoms with Gasteiger partial charge in [-0.1, -0.05) is 17.2 Å². The number of hydrogen-bond donors (Lipinski definition) is 1. The molecule has 25 heavy (non-hydrogen) atoms. The van der Waals surface area contributed by atoms with Gasteiger partial charge in [-0.25, -0.2) is 4.79 Å². The van der Waals surface area contributed by atoms with Crippen molar-refractivity contribution in [2.45, 2.75) is 31.8 Å². The van der Waals surface area contributed by atoms with Crippen molar-refractivity contribution < 1.29 is 48.8 Å².